The summed E-state index contributed by atoms with van der Waals surface area (Å²) in [5.74, 6) is 2.05. The van der Waals surface area contributed by atoms with E-state index in [1.165, 1.54) is 0 Å². The van der Waals surface area contributed by atoms with Crippen LogP contribution in [0, 0.1) is 11.3 Å². The average Bonchev–Trinajstić information content (AvgIpc) is 2.64. The summed E-state index contributed by atoms with van der Waals surface area (Å²) in [6, 6.07) is 6.05. The standard InChI is InChI=1S/C18H23N5OS/c1-13-10-23(11-14(24-13)12-25-7-6-20-2)17-9-22-16(8-19)18-15(17)4-3-5-21-18/h3-5,9,13-14,20H,6-7,10-12H2,1-2H3. The maximum absolute atomic E-state index is 9.27. The van der Waals surface area contributed by atoms with Gasteiger partial charge in [-0.15, -0.1) is 0 Å². The molecule has 0 spiro atoms. The molecule has 1 aliphatic rings. The lowest BCUT2D eigenvalue weighted by molar-refractivity contribution is -0.00253. The molecule has 25 heavy (non-hydrogen) atoms. The molecule has 2 unspecified atom stereocenters. The van der Waals surface area contributed by atoms with Gasteiger partial charge in [0.25, 0.3) is 0 Å². The molecule has 0 saturated carbocycles. The van der Waals surface area contributed by atoms with Crippen molar-refractivity contribution in [2.45, 2.75) is 19.1 Å². The third-order valence-electron chi connectivity index (χ3n) is 4.20. The molecule has 1 fully saturated rings. The monoisotopic (exact) mass is 357 g/mol. The first-order chi connectivity index (χ1) is 12.2. The largest absolute Gasteiger partial charge is 0.371 e. The first-order valence-electron chi connectivity index (χ1n) is 8.49. The van der Waals surface area contributed by atoms with Gasteiger partial charge in [0.1, 0.15) is 11.6 Å². The van der Waals surface area contributed by atoms with Crippen molar-refractivity contribution in [3.05, 3.63) is 30.2 Å². The summed E-state index contributed by atoms with van der Waals surface area (Å²) in [5, 5.41) is 13.4. The number of rotatable bonds is 6. The minimum atomic E-state index is 0.158. The number of hydrogen-bond acceptors (Lipinski definition) is 7. The number of hydrogen-bond donors (Lipinski definition) is 1. The summed E-state index contributed by atoms with van der Waals surface area (Å²) >= 11 is 1.91. The van der Waals surface area contributed by atoms with E-state index in [1.54, 1.807) is 12.4 Å². The van der Waals surface area contributed by atoms with Crippen LogP contribution in [-0.4, -0.2) is 60.4 Å². The van der Waals surface area contributed by atoms with Gasteiger partial charge in [0.15, 0.2) is 5.69 Å². The quantitative estimate of drug-likeness (QED) is 0.793. The Morgan fingerprint density at radius 2 is 2.32 bits per heavy atom. The van der Waals surface area contributed by atoms with Crippen LogP contribution in [0.2, 0.25) is 0 Å². The zero-order chi connectivity index (χ0) is 17.6. The number of ether oxygens (including phenoxy) is 1. The summed E-state index contributed by atoms with van der Waals surface area (Å²) in [4.78, 5) is 11.0. The van der Waals surface area contributed by atoms with Gasteiger partial charge in [0, 0.05) is 42.7 Å². The molecule has 2 aromatic rings. The number of morpholine rings is 1. The summed E-state index contributed by atoms with van der Waals surface area (Å²) in [6.07, 6.45) is 3.85. The first-order valence-corrected chi connectivity index (χ1v) is 9.65. The molecule has 2 atom stereocenters. The normalized spacial score (nSPS) is 20.6. The Kier molecular flexibility index (Phi) is 6.08. The number of nitriles is 1. The molecule has 3 heterocycles. The highest BCUT2D eigenvalue weighted by molar-refractivity contribution is 7.99. The van der Waals surface area contributed by atoms with Gasteiger partial charge in [-0.2, -0.15) is 17.0 Å². The van der Waals surface area contributed by atoms with Crippen LogP contribution >= 0.6 is 11.8 Å². The number of anilines is 1. The molecule has 2 aromatic heterocycles. The van der Waals surface area contributed by atoms with E-state index in [9.17, 15) is 5.26 Å². The van der Waals surface area contributed by atoms with Crippen LogP contribution in [0.25, 0.3) is 10.9 Å². The molecule has 0 aromatic carbocycles. The number of nitrogens with one attached hydrogen (secondary N) is 1. The van der Waals surface area contributed by atoms with Crippen molar-refractivity contribution in [2.24, 2.45) is 0 Å². The lowest BCUT2D eigenvalue weighted by atomic mass is 10.1. The number of aromatic nitrogens is 2. The Morgan fingerprint density at radius 3 is 3.12 bits per heavy atom. The molecule has 1 N–H and O–H groups in total. The Bertz CT molecular complexity index is 763. The van der Waals surface area contributed by atoms with E-state index in [-0.39, 0.29) is 12.2 Å². The van der Waals surface area contributed by atoms with Gasteiger partial charge in [-0.05, 0) is 26.1 Å². The highest BCUT2D eigenvalue weighted by Gasteiger charge is 2.27. The van der Waals surface area contributed by atoms with E-state index in [4.69, 9.17) is 4.74 Å². The van der Waals surface area contributed by atoms with Crippen molar-refractivity contribution in [1.82, 2.24) is 15.3 Å². The van der Waals surface area contributed by atoms with E-state index in [2.05, 4.69) is 33.2 Å². The first kappa shape index (κ1) is 17.9. The van der Waals surface area contributed by atoms with E-state index in [0.717, 1.165) is 42.2 Å². The van der Waals surface area contributed by atoms with Gasteiger partial charge < -0.3 is 15.0 Å². The minimum Gasteiger partial charge on any atom is -0.371 e. The van der Waals surface area contributed by atoms with Crippen LogP contribution in [0.5, 0.6) is 0 Å². The molecule has 3 rings (SSSR count). The maximum atomic E-state index is 9.27. The molecule has 7 heteroatoms. The molecular formula is C18H23N5OS. The summed E-state index contributed by atoms with van der Waals surface area (Å²) in [7, 11) is 1.97. The predicted octanol–water partition coefficient (Wildman–Crippen LogP) is 2.05. The Morgan fingerprint density at radius 1 is 1.44 bits per heavy atom. The number of thioether (sulfide) groups is 1. The summed E-state index contributed by atoms with van der Waals surface area (Å²) in [6.45, 7) is 4.76. The SMILES string of the molecule is CNCCSCC1CN(c2cnc(C#N)c3ncccc23)CC(C)O1. The minimum absolute atomic E-state index is 0.158. The molecule has 0 amide bonds. The number of fused-ring (bicyclic) bond motifs is 1. The fourth-order valence-corrected chi connectivity index (χ4v) is 4.08. The summed E-state index contributed by atoms with van der Waals surface area (Å²) in [5.41, 5.74) is 2.07. The third-order valence-corrected chi connectivity index (χ3v) is 5.30. The zero-order valence-corrected chi connectivity index (χ0v) is 15.4. The van der Waals surface area contributed by atoms with Crippen LogP contribution < -0.4 is 10.2 Å². The van der Waals surface area contributed by atoms with Gasteiger partial charge in [0.05, 0.1) is 24.1 Å². The second-order valence-electron chi connectivity index (χ2n) is 6.16. The molecule has 6 nitrogen and oxygen atoms in total. The van der Waals surface area contributed by atoms with Crippen molar-refractivity contribution in [3.8, 4) is 6.07 Å². The maximum Gasteiger partial charge on any atom is 0.166 e. The van der Waals surface area contributed by atoms with E-state index in [0.29, 0.717) is 11.2 Å². The second-order valence-corrected chi connectivity index (χ2v) is 7.31. The Hall–Kier alpha value is -1.88. The van der Waals surface area contributed by atoms with Crippen LogP contribution in [0.1, 0.15) is 12.6 Å². The van der Waals surface area contributed by atoms with Crippen molar-refractivity contribution >= 4 is 28.4 Å². The van der Waals surface area contributed by atoms with Crippen molar-refractivity contribution in [1.29, 1.82) is 5.26 Å². The van der Waals surface area contributed by atoms with Crippen molar-refractivity contribution in [2.75, 3.05) is 43.1 Å². The van der Waals surface area contributed by atoms with Crippen molar-refractivity contribution < 1.29 is 4.74 Å². The average molecular weight is 357 g/mol. The van der Waals surface area contributed by atoms with Crippen LogP contribution in [0.3, 0.4) is 0 Å². The highest BCUT2D eigenvalue weighted by Crippen LogP contribution is 2.29. The lowest BCUT2D eigenvalue weighted by Gasteiger charge is -2.38. The van der Waals surface area contributed by atoms with E-state index < -0.39 is 0 Å². The predicted molar refractivity (Wildman–Crippen MR) is 102 cm³/mol. The Balaban J connectivity index is 1.81. The second kappa shape index (κ2) is 8.48. The molecule has 132 valence electrons. The molecule has 0 bridgehead atoms. The molecule has 1 aliphatic heterocycles. The molecule has 0 aliphatic carbocycles. The molecule has 1 saturated heterocycles. The molecule has 0 radical (unpaired) electrons. The lowest BCUT2D eigenvalue weighted by Crippen LogP contribution is -2.47. The van der Waals surface area contributed by atoms with Gasteiger partial charge in [-0.25, -0.2) is 4.98 Å². The fourth-order valence-electron chi connectivity index (χ4n) is 3.11. The molecular weight excluding hydrogens is 334 g/mol. The summed E-state index contributed by atoms with van der Waals surface area (Å²) < 4.78 is 6.10. The van der Waals surface area contributed by atoms with E-state index in [1.807, 2.05) is 30.9 Å². The van der Waals surface area contributed by atoms with Gasteiger partial charge in [0.2, 0.25) is 0 Å². The Labute approximate surface area is 152 Å². The van der Waals surface area contributed by atoms with Gasteiger partial charge in [-0.1, -0.05) is 0 Å². The smallest absolute Gasteiger partial charge is 0.166 e. The van der Waals surface area contributed by atoms with Crippen molar-refractivity contribution in [3.63, 3.8) is 0 Å². The topological polar surface area (TPSA) is 74.1 Å². The number of pyridine rings is 2. The van der Waals surface area contributed by atoms with Gasteiger partial charge in [-0.3, -0.25) is 4.98 Å². The highest BCUT2D eigenvalue weighted by atomic mass is 32.2. The zero-order valence-electron chi connectivity index (χ0n) is 14.6. The fraction of sp³-hybridized carbons (Fsp3) is 0.500. The van der Waals surface area contributed by atoms with Crippen LogP contribution in [0.15, 0.2) is 24.5 Å². The third kappa shape index (κ3) is 4.21. The van der Waals surface area contributed by atoms with Gasteiger partial charge >= 0.3 is 0 Å². The van der Waals surface area contributed by atoms with Crippen LogP contribution in [-0.2, 0) is 4.74 Å². The van der Waals surface area contributed by atoms with Crippen LogP contribution in [0.4, 0.5) is 5.69 Å². The number of nitrogens with zero attached hydrogens (tertiary/aromatic N) is 4. The van der Waals surface area contributed by atoms with E-state index >= 15 is 0 Å².